The minimum Gasteiger partial charge on any atom is -0.508 e. The molecule has 0 spiro atoms. The Morgan fingerprint density at radius 3 is 2.48 bits per heavy atom. The molecule has 3 N–H and O–H groups in total. The summed E-state index contributed by atoms with van der Waals surface area (Å²) in [6.07, 6.45) is 8.53. The van der Waals surface area contributed by atoms with Crippen LogP contribution in [0.1, 0.15) is 43.6 Å². The van der Waals surface area contributed by atoms with Crippen LogP contribution in [0.2, 0.25) is 0 Å². The van der Waals surface area contributed by atoms with E-state index in [1.807, 2.05) is 6.08 Å². The Bertz CT molecular complexity index is 835. The number of sulfonamides is 1. The van der Waals surface area contributed by atoms with Crippen LogP contribution in [0, 0.1) is 0 Å². The van der Waals surface area contributed by atoms with Crippen molar-refractivity contribution in [1.82, 2.24) is 4.72 Å². The first-order valence-electron chi connectivity index (χ1n) is 8.31. The Balaban J connectivity index is 1.64. The van der Waals surface area contributed by atoms with Gasteiger partial charge < -0.3 is 10.2 Å². The fourth-order valence-electron chi connectivity index (χ4n) is 3.45. The summed E-state index contributed by atoms with van der Waals surface area (Å²) in [7, 11) is -3.59. The van der Waals surface area contributed by atoms with Gasteiger partial charge in [0.25, 0.3) is 0 Å². The van der Waals surface area contributed by atoms with Crippen LogP contribution in [-0.2, 0) is 10.0 Å². The first-order valence-corrected chi connectivity index (χ1v) is 10.2. The lowest BCUT2D eigenvalue weighted by molar-refractivity contribution is 0.363. The van der Waals surface area contributed by atoms with Crippen LogP contribution in [-0.4, -0.2) is 29.5 Å². The Hall–Kier alpha value is -1.70. The number of phenolic OH excluding ortho intramolecular Hbond substituents is 2. The predicted molar refractivity (Wildman–Crippen MR) is 101 cm³/mol. The lowest BCUT2D eigenvalue weighted by atomic mass is 9.81. The number of aromatic hydroxyl groups is 2. The molecular formula is C18H21NO4S2. The number of phenols is 2. The third-order valence-corrected chi connectivity index (χ3v) is 6.88. The summed E-state index contributed by atoms with van der Waals surface area (Å²) in [5.41, 5.74) is 0.806. The zero-order valence-electron chi connectivity index (χ0n) is 13.7. The minimum atomic E-state index is -3.59. The normalized spacial score (nSPS) is 24.2. The van der Waals surface area contributed by atoms with Crippen LogP contribution in [0.3, 0.4) is 0 Å². The first kappa shape index (κ1) is 18.1. The van der Waals surface area contributed by atoms with E-state index in [1.54, 1.807) is 24.3 Å². The number of thiocarbonyl (C=S) groups is 1. The number of hydrogen-bond acceptors (Lipinski definition) is 5. The van der Waals surface area contributed by atoms with Gasteiger partial charge in [-0.25, -0.2) is 13.1 Å². The molecule has 2 aliphatic rings. The number of allylic oxidation sites excluding steroid dienone is 4. The van der Waals surface area contributed by atoms with Gasteiger partial charge in [0.15, 0.2) is 0 Å². The van der Waals surface area contributed by atoms with E-state index >= 15 is 0 Å². The van der Waals surface area contributed by atoms with E-state index in [0.717, 1.165) is 18.4 Å². The topological polar surface area (TPSA) is 86.6 Å². The summed E-state index contributed by atoms with van der Waals surface area (Å²) in [5, 5.41) is 19.4. The van der Waals surface area contributed by atoms with Gasteiger partial charge in [0, 0.05) is 23.4 Å². The standard InChI is InChI=1S/C18H21NO4S2/c20-14-9-10-15(16(21)11-14)12-5-7-13(8-6-12)19-25(22,23)18-4-2-1-3-17(18)24/h1-2,4,9-13,19-21H,3,5-8H2/t12-,13+. The number of benzene rings is 1. The average molecular weight is 380 g/mol. The minimum absolute atomic E-state index is 0.0356. The van der Waals surface area contributed by atoms with E-state index in [0.29, 0.717) is 24.1 Å². The van der Waals surface area contributed by atoms with Crippen molar-refractivity contribution in [2.45, 2.75) is 44.1 Å². The predicted octanol–water partition coefficient (Wildman–Crippen LogP) is 3.26. The van der Waals surface area contributed by atoms with Gasteiger partial charge >= 0.3 is 0 Å². The molecule has 5 nitrogen and oxygen atoms in total. The average Bonchev–Trinajstić information content (AvgIpc) is 2.56. The van der Waals surface area contributed by atoms with Crippen molar-refractivity contribution in [3.8, 4) is 11.5 Å². The van der Waals surface area contributed by atoms with Crippen molar-refractivity contribution in [2.24, 2.45) is 0 Å². The fourth-order valence-corrected chi connectivity index (χ4v) is 5.38. The molecule has 7 heteroatoms. The molecule has 0 bridgehead atoms. The van der Waals surface area contributed by atoms with Crippen molar-refractivity contribution < 1.29 is 18.6 Å². The molecule has 0 heterocycles. The zero-order valence-corrected chi connectivity index (χ0v) is 15.3. The van der Waals surface area contributed by atoms with Crippen molar-refractivity contribution >= 4 is 27.1 Å². The third-order valence-electron chi connectivity index (χ3n) is 4.75. The molecule has 1 aromatic rings. The molecule has 1 saturated carbocycles. The van der Waals surface area contributed by atoms with Crippen LogP contribution in [0.25, 0.3) is 0 Å². The van der Waals surface area contributed by atoms with Crippen LogP contribution in [0.5, 0.6) is 11.5 Å². The summed E-state index contributed by atoms with van der Waals surface area (Å²) in [5.74, 6) is 0.293. The number of nitrogens with one attached hydrogen (secondary N) is 1. The smallest absolute Gasteiger partial charge is 0.241 e. The highest BCUT2D eigenvalue weighted by Gasteiger charge is 2.29. The van der Waals surface area contributed by atoms with E-state index in [-0.39, 0.29) is 28.4 Å². The molecular weight excluding hydrogens is 358 g/mol. The maximum atomic E-state index is 12.5. The van der Waals surface area contributed by atoms with Gasteiger partial charge in [-0.05, 0) is 49.3 Å². The molecule has 0 amide bonds. The molecule has 0 saturated heterocycles. The zero-order chi connectivity index (χ0) is 18.0. The van der Waals surface area contributed by atoms with Crippen LogP contribution in [0.4, 0.5) is 0 Å². The Kier molecular flexibility index (Phi) is 5.27. The maximum Gasteiger partial charge on any atom is 0.241 e. The maximum absolute atomic E-state index is 12.5. The molecule has 25 heavy (non-hydrogen) atoms. The van der Waals surface area contributed by atoms with Gasteiger partial charge in [0.2, 0.25) is 10.0 Å². The van der Waals surface area contributed by atoms with E-state index in [2.05, 4.69) is 4.72 Å². The highest BCUT2D eigenvalue weighted by atomic mass is 32.2. The molecule has 0 atom stereocenters. The molecule has 3 rings (SSSR count). The molecule has 1 aromatic carbocycles. The van der Waals surface area contributed by atoms with Gasteiger partial charge in [-0.15, -0.1) is 0 Å². The summed E-state index contributed by atoms with van der Waals surface area (Å²) in [4.78, 5) is 0.640. The van der Waals surface area contributed by atoms with E-state index in [1.165, 1.54) is 6.07 Å². The Morgan fingerprint density at radius 1 is 1.12 bits per heavy atom. The second kappa shape index (κ2) is 7.27. The molecule has 0 aromatic heterocycles. The Morgan fingerprint density at radius 2 is 1.84 bits per heavy atom. The van der Waals surface area contributed by atoms with Crippen molar-refractivity contribution in [3.05, 3.63) is 46.9 Å². The summed E-state index contributed by atoms with van der Waals surface area (Å²) < 4.78 is 27.8. The van der Waals surface area contributed by atoms with Crippen LogP contribution < -0.4 is 4.72 Å². The highest BCUT2D eigenvalue weighted by molar-refractivity contribution is 7.96. The van der Waals surface area contributed by atoms with Gasteiger partial charge in [-0.2, -0.15) is 0 Å². The lowest BCUT2D eigenvalue weighted by Crippen LogP contribution is -2.39. The number of rotatable bonds is 4. The number of hydrogen-bond donors (Lipinski definition) is 3. The highest BCUT2D eigenvalue weighted by Crippen LogP contribution is 2.38. The monoisotopic (exact) mass is 379 g/mol. The van der Waals surface area contributed by atoms with Gasteiger partial charge in [0.1, 0.15) is 11.5 Å². The molecule has 1 fully saturated rings. The SMILES string of the molecule is O=S(=O)(N[C@H]1CC[C@@H](c2ccc(O)cc2O)CC1)C1=CC=CCC1=S. The van der Waals surface area contributed by atoms with Gasteiger partial charge in [-0.3, -0.25) is 0 Å². The summed E-state index contributed by atoms with van der Waals surface area (Å²) >= 11 is 5.16. The summed E-state index contributed by atoms with van der Waals surface area (Å²) in [6.45, 7) is 0. The van der Waals surface area contributed by atoms with Crippen molar-refractivity contribution in [1.29, 1.82) is 0 Å². The fraction of sp³-hybridized carbons (Fsp3) is 0.389. The van der Waals surface area contributed by atoms with Crippen molar-refractivity contribution in [3.63, 3.8) is 0 Å². The third kappa shape index (κ3) is 4.11. The van der Waals surface area contributed by atoms with Gasteiger partial charge in [-0.1, -0.05) is 30.4 Å². The van der Waals surface area contributed by atoms with Gasteiger partial charge in [0.05, 0.1) is 4.91 Å². The second-order valence-corrected chi connectivity index (χ2v) is 8.67. The quantitative estimate of drug-likeness (QED) is 0.699. The molecule has 0 radical (unpaired) electrons. The lowest BCUT2D eigenvalue weighted by Gasteiger charge is -2.30. The van der Waals surface area contributed by atoms with Crippen LogP contribution in [0.15, 0.2) is 41.3 Å². The summed E-state index contributed by atoms with van der Waals surface area (Å²) in [6, 6.07) is 4.51. The van der Waals surface area contributed by atoms with Crippen LogP contribution >= 0.6 is 12.2 Å². The molecule has 2 aliphatic carbocycles. The Labute approximate surface area is 153 Å². The molecule has 0 aliphatic heterocycles. The second-order valence-electron chi connectivity index (χ2n) is 6.50. The van der Waals surface area contributed by atoms with E-state index in [9.17, 15) is 18.6 Å². The molecule has 134 valence electrons. The molecule has 0 unspecified atom stereocenters. The largest absolute Gasteiger partial charge is 0.508 e. The van der Waals surface area contributed by atoms with Crippen molar-refractivity contribution in [2.75, 3.05) is 0 Å². The van der Waals surface area contributed by atoms with E-state index in [4.69, 9.17) is 12.2 Å². The first-order chi connectivity index (χ1) is 11.9. The van der Waals surface area contributed by atoms with E-state index < -0.39 is 10.0 Å².